The lowest BCUT2D eigenvalue weighted by atomic mass is 9.82. The Morgan fingerprint density at radius 1 is 0.652 bits per heavy atom. The normalized spacial score (nSPS) is 21.7. The second-order valence-corrected chi connectivity index (χ2v) is 24.3. The molecule has 10 heterocycles. The third-order valence-electron chi connectivity index (χ3n) is 17.8. The fraction of sp³-hybridized carbons (Fsp3) is 0.541. The topological polar surface area (TPSA) is 238 Å². The van der Waals surface area contributed by atoms with Gasteiger partial charge >= 0.3 is 24.5 Å². The van der Waals surface area contributed by atoms with E-state index in [1.165, 1.54) is 18.6 Å². The summed E-state index contributed by atoms with van der Waals surface area (Å²) in [5, 5.41) is 20.7. The number of primary amides is 1. The first-order chi connectivity index (χ1) is 42.1. The molecule has 0 spiro atoms. The number of aliphatic hydroxyl groups is 1. The highest BCUT2D eigenvalue weighted by atomic mass is 19.4. The molecule has 12 rings (SSSR count). The maximum Gasteiger partial charge on any atom is 0.407 e. The van der Waals surface area contributed by atoms with Crippen molar-refractivity contribution in [2.75, 3.05) is 83.2 Å². The van der Waals surface area contributed by atoms with Crippen LogP contribution in [0.25, 0.3) is 11.1 Å². The van der Waals surface area contributed by atoms with E-state index in [0.717, 1.165) is 113 Å². The van der Waals surface area contributed by atoms with Gasteiger partial charge in [-0.25, -0.2) is 28.3 Å². The number of amides is 4. The molecule has 28 heteroatoms. The number of piperazine rings is 2. The minimum atomic E-state index is -4.95. The Kier molecular flexibility index (Phi) is 20.0. The number of aliphatic hydroxyl groups excluding tert-OH is 1. The van der Waals surface area contributed by atoms with Gasteiger partial charge in [-0.2, -0.15) is 26.3 Å². The van der Waals surface area contributed by atoms with Gasteiger partial charge in [-0.1, -0.05) is 24.0 Å². The molecular formula is C61H73F8N11O9. The molecule has 8 fully saturated rings. The number of fused-ring (bicyclic) bond motifs is 4. The zero-order valence-electron chi connectivity index (χ0n) is 49.9. The van der Waals surface area contributed by atoms with Crippen LogP contribution in [0, 0.1) is 34.3 Å². The lowest BCUT2D eigenvalue weighted by Crippen LogP contribution is -2.74. The Bertz CT molecular complexity index is 3190. The summed E-state index contributed by atoms with van der Waals surface area (Å²) in [6, 6.07) is 14.5. The van der Waals surface area contributed by atoms with E-state index in [-0.39, 0.29) is 30.6 Å². The number of nitrogens with zero attached hydrogens (tertiary/aromatic N) is 6. The van der Waals surface area contributed by atoms with Crippen LogP contribution in [0.1, 0.15) is 62.8 Å². The molecular weight excluding hydrogens is 1180 g/mol. The standard InChI is InChI=1S/C53H60F5N9O6.C8H13F3N2O3/c1-52(2,53(56,57)58)49(63-51(70)71-3)50(69)62-45(14-32-7-4-31(5-8-32)6-9-33-10-12-47(60-19-33)64-23-36-17-37(24-64)66(36)40-27-72-28-40)46(68)22-59-21-42-43(54)15-35(16-44(42)55)34-11-13-48(61-20-34)65-25-38-18-39(26-65)67(38)41-29-73-30-41;1-7(2,8(9,10)11)4(5(12)14)13-6(15)16-3/h4-5,7-8,10-13,15-16,19-20,36-41,45-46,49,59,68H,14,17-18,21-30H2,1-3H3,(H,62,69)(H,63,70);4H,1-3H3,(H2,12,14)(H,13,15)/t36?,37?,38?,39?,45-,46-,49+;4-/m01/s1. The molecule has 20 nitrogen and oxygen atoms in total. The molecule has 0 aliphatic carbocycles. The predicted molar refractivity (Wildman–Crippen MR) is 309 cm³/mol. The number of aromatic nitrogens is 2. The summed E-state index contributed by atoms with van der Waals surface area (Å²) in [5.41, 5.74) is 1.99. The molecule has 4 bridgehead atoms. The smallest absolute Gasteiger partial charge is 0.407 e. The fourth-order valence-electron chi connectivity index (χ4n) is 12.0. The maximum atomic E-state index is 15.7. The number of carbonyl (C=O) groups excluding carboxylic acids is 4. The summed E-state index contributed by atoms with van der Waals surface area (Å²) < 4.78 is 132. The molecule has 8 aliphatic rings. The number of alkyl carbamates (subject to hydrolysis) is 2. The van der Waals surface area contributed by atoms with Crippen molar-refractivity contribution in [3.8, 4) is 23.0 Å². The van der Waals surface area contributed by atoms with E-state index in [0.29, 0.717) is 58.5 Å². The Morgan fingerprint density at radius 3 is 1.54 bits per heavy atom. The molecule has 8 saturated heterocycles. The third-order valence-corrected chi connectivity index (χ3v) is 17.8. The lowest BCUT2D eigenvalue weighted by Gasteiger charge is -2.60. The quantitative estimate of drug-likeness (QED) is 0.0508. The van der Waals surface area contributed by atoms with Crippen molar-refractivity contribution < 1.29 is 78.4 Å². The molecule has 8 atom stereocenters. The highest BCUT2D eigenvalue weighted by molar-refractivity contribution is 5.87. The predicted octanol–water partition coefficient (Wildman–Crippen LogP) is 5.42. The minimum absolute atomic E-state index is 0.0903. The number of pyridine rings is 2. The largest absolute Gasteiger partial charge is 0.453 e. The van der Waals surface area contributed by atoms with E-state index >= 15 is 8.78 Å². The Balaban J connectivity index is 0.000000517. The third kappa shape index (κ3) is 14.8. The van der Waals surface area contributed by atoms with Gasteiger partial charge in [0.1, 0.15) is 35.4 Å². The van der Waals surface area contributed by atoms with Gasteiger partial charge in [-0.15, -0.1) is 0 Å². The molecule has 0 saturated carbocycles. The van der Waals surface area contributed by atoms with Crippen molar-refractivity contribution in [2.24, 2.45) is 16.6 Å². The highest BCUT2D eigenvalue weighted by Crippen LogP contribution is 2.43. The van der Waals surface area contributed by atoms with E-state index < -0.39 is 83.0 Å². The van der Waals surface area contributed by atoms with Gasteiger partial charge in [0.2, 0.25) is 11.8 Å². The lowest BCUT2D eigenvalue weighted by molar-refractivity contribution is -0.220. The second-order valence-electron chi connectivity index (χ2n) is 24.3. The first-order valence-corrected chi connectivity index (χ1v) is 29.1. The molecule has 89 heavy (non-hydrogen) atoms. The average Bonchev–Trinajstić information content (AvgIpc) is 0.770. The number of alkyl halides is 6. The Hall–Kier alpha value is -7.42. The maximum absolute atomic E-state index is 15.7. The average molecular weight is 1260 g/mol. The number of rotatable bonds is 19. The Labute approximate surface area is 509 Å². The van der Waals surface area contributed by atoms with Crippen molar-refractivity contribution in [1.29, 1.82) is 0 Å². The number of methoxy groups -OCH3 is 2. The number of carbonyl (C=O) groups is 4. The summed E-state index contributed by atoms with van der Waals surface area (Å²) in [6.07, 6.45) is -7.96. The van der Waals surface area contributed by atoms with Gasteiger partial charge in [-0.3, -0.25) is 19.4 Å². The first kappa shape index (κ1) is 66.0. The van der Waals surface area contributed by atoms with Gasteiger partial charge in [0, 0.05) is 98.1 Å². The number of anilines is 2. The van der Waals surface area contributed by atoms with Gasteiger partial charge in [0.25, 0.3) is 0 Å². The summed E-state index contributed by atoms with van der Waals surface area (Å²) in [4.78, 5) is 66.7. The van der Waals surface area contributed by atoms with E-state index in [4.69, 9.17) is 15.2 Å². The molecule has 2 aromatic heterocycles. The number of hydrogen-bond acceptors (Lipinski definition) is 16. The number of hydrogen-bond donors (Lipinski definition) is 6. The zero-order chi connectivity index (χ0) is 64.3. The molecule has 4 unspecified atom stereocenters. The van der Waals surface area contributed by atoms with Crippen LogP contribution in [-0.2, 0) is 41.5 Å². The number of piperidine rings is 2. The van der Waals surface area contributed by atoms with E-state index in [9.17, 15) is 50.6 Å². The van der Waals surface area contributed by atoms with Gasteiger partial charge in [0.15, 0.2) is 0 Å². The van der Waals surface area contributed by atoms with Crippen molar-refractivity contribution >= 4 is 35.6 Å². The molecule has 4 aromatic rings. The number of benzene rings is 2. The summed E-state index contributed by atoms with van der Waals surface area (Å²) >= 11 is 0. The first-order valence-electron chi connectivity index (χ1n) is 29.1. The van der Waals surface area contributed by atoms with Gasteiger partial charge < -0.3 is 60.9 Å². The van der Waals surface area contributed by atoms with Gasteiger partial charge in [0.05, 0.1) is 75.7 Å². The summed E-state index contributed by atoms with van der Waals surface area (Å²) in [5.74, 6) is 3.74. The van der Waals surface area contributed by atoms with Crippen LogP contribution in [-0.4, -0.2) is 195 Å². The van der Waals surface area contributed by atoms with Gasteiger partial charge in [-0.05, 0) is 107 Å². The number of nitrogens with one attached hydrogen (secondary N) is 4. The SMILES string of the molecule is COC(=O)N[C@H](C(=O)N[C@@H](Cc1ccc(C#Cc2ccc(N3CC4CC(C3)N4C3COC3)nc2)cc1)[C@@H](O)CNCc1c(F)cc(-c2ccc(N3CC4CC(C3)N4C3COC3)nc2)cc1F)C(C)(C)C(F)(F)F.COC(=O)N[C@H](C(N)=O)C(C)(C)C(F)(F)F. The number of halogens is 8. The van der Waals surface area contributed by atoms with Crippen LogP contribution in [0.2, 0.25) is 0 Å². The van der Waals surface area contributed by atoms with E-state index in [1.54, 1.807) is 48.0 Å². The van der Waals surface area contributed by atoms with Crippen LogP contribution < -0.4 is 36.8 Å². The molecule has 7 N–H and O–H groups in total. The van der Waals surface area contributed by atoms with Crippen LogP contribution in [0.4, 0.5) is 56.3 Å². The molecule has 8 aliphatic heterocycles. The zero-order valence-corrected chi connectivity index (χ0v) is 49.9. The monoisotopic (exact) mass is 1260 g/mol. The van der Waals surface area contributed by atoms with E-state index in [1.807, 2.05) is 23.5 Å². The molecule has 2 aromatic carbocycles. The van der Waals surface area contributed by atoms with E-state index in [2.05, 4.69) is 61.5 Å². The number of ether oxygens (including phenoxy) is 4. The Morgan fingerprint density at radius 2 is 1.11 bits per heavy atom. The van der Waals surface area contributed by atoms with Crippen LogP contribution in [0.3, 0.4) is 0 Å². The van der Waals surface area contributed by atoms with Crippen molar-refractivity contribution in [3.05, 3.63) is 107 Å². The van der Waals surface area contributed by atoms with Crippen molar-refractivity contribution in [2.45, 2.75) is 126 Å². The highest BCUT2D eigenvalue weighted by Gasteiger charge is 2.57. The van der Waals surface area contributed by atoms with Crippen molar-refractivity contribution in [3.63, 3.8) is 0 Å². The summed E-state index contributed by atoms with van der Waals surface area (Å²) in [7, 11) is 1.92. The van der Waals surface area contributed by atoms with Crippen LogP contribution >= 0.6 is 0 Å². The fourth-order valence-corrected chi connectivity index (χ4v) is 12.0. The minimum Gasteiger partial charge on any atom is -0.453 e. The summed E-state index contributed by atoms with van der Waals surface area (Å²) in [6.45, 7) is 9.05. The molecule has 482 valence electrons. The molecule has 4 amide bonds. The van der Waals surface area contributed by atoms with Crippen LogP contribution in [0.15, 0.2) is 73.1 Å². The molecule has 0 radical (unpaired) electrons. The van der Waals surface area contributed by atoms with Crippen LogP contribution in [0.5, 0.6) is 0 Å². The van der Waals surface area contributed by atoms with Crippen molar-refractivity contribution in [1.82, 2.24) is 41.0 Å². The number of nitrogens with two attached hydrogens (primary N) is 1. The second kappa shape index (κ2) is 27.0.